The molecule has 0 saturated heterocycles. The Hall–Kier alpha value is -2.70. The smallest absolute Gasteiger partial charge is 0.313 e. The quantitative estimate of drug-likeness (QED) is 0.784. The molecule has 2 aromatic carbocycles. The summed E-state index contributed by atoms with van der Waals surface area (Å²) in [7, 11) is 2.37. The summed E-state index contributed by atoms with van der Waals surface area (Å²) in [5.74, 6) is -4.25. The maximum atomic E-state index is 12.7. The summed E-state index contributed by atoms with van der Waals surface area (Å²) in [6.07, 6.45) is 0. The number of benzene rings is 2. The van der Waals surface area contributed by atoms with Gasteiger partial charge in [-0.1, -0.05) is 48.5 Å². The first-order chi connectivity index (χ1) is 12.4. The molecule has 2 N–H and O–H groups in total. The molecule has 0 saturated carbocycles. The van der Waals surface area contributed by atoms with Crippen molar-refractivity contribution < 1.29 is 29.3 Å². The molecule has 2 atom stereocenters. The Morgan fingerprint density at radius 3 is 1.23 bits per heavy atom. The van der Waals surface area contributed by atoms with Gasteiger partial charge in [0, 0.05) is 0 Å². The molecule has 134 valence electrons. The van der Waals surface area contributed by atoms with Gasteiger partial charge in [0.1, 0.15) is 23.0 Å². The average Bonchev–Trinajstić information content (AvgIpc) is 2.68. The van der Waals surface area contributed by atoms with Gasteiger partial charge in [0.15, 0.2) is 0 Å². The molecule has 0 heterocycles. The van der Waals surface area contributed by atoms with Crippen LogP contribution in [0.1, 0.15) is 22.3 Å². The van der Waals surface area contributed by atoms with E-state index < -0.39 is 35.0 Å². The molecule has 0 aliphatic heterocycles. The van der Waals surface area contributed by atoms with Crippen molar-refractivity contribution >= 4 is 11.9 Å². The second-order valence-electron chi connectivity index (χ2n) is 6.63. The van der Waals surface area contributed by atoms with Crippen molar-refractivity contribution in [1.29, 1.82) is 0 Å². The molecule has 0 unspecified atom stereocenters. The van der Waals surface area contributed by atoms with Crippen LogP contribution in [0.2, 0.25) is 0 Å². The Balaban J connectivity index is 2.16. The molecular weight excluding hydrogens is 336 g/mol. The van der Waals surface area contributed by atoms with Crippen molar-refractivity contribution in [1.82, 2.24) is 0 Å². The number of hydrogen-bond donors (Lipinski definition) is 2. The Morgan fingerprint density at radius 2 is 1.00 bits per heavy atom. The maximum Gasteiger partial charge on any atom is 0.313 e. The van der Waals surface area contributed by atoms with Gasteiger partial charge < -0.3 is 19.7 Å². The molecular formula is C20H18O6. The number of rotatable bonds is 2. The molecule has 2 bridgehead atoms. The van der Waals surface area contributed by atoms with Gasteiger partial charge in [-0.25, -0.2) is 0 Å². The lowest BCUT2D eigenvalue weighted by molar-refractivity contribution is -0.191. The van der Waals surface area contributed by atoms with Crippen molar-refractivity contribution in [3.8, 4) is 0 Å². The van der Waals surface area contributed by atoms with Crippen molar-refractivity contribution in [2.45, 2.75) is 11.2 Å². The number of ether oxygens (including phenoxy) is 2. The number of fused-ring (bicyclic) bond motifs is 1. The molecule has 0 spiro atoms. The maximum absolute atomic E-state index is 12.7. The standard InChI is InChI=1S/C20H18O6/c1-25-17(21)15-16(18(22)26-2)20(24)13-9-5-3-7-11(13)19(15,23)12-8-4-6-10-14(12)20/h3-10,15-16,23-24H,1-2H3/t15-,16-,19?,20?/m1/s1. The van der Waals surface area contributed by atoms with Crippen molar-refractivity contribution in [3.63, 3.8) is 0 Å². The summed E-state index contributed by atoms with van der Waals surface area (Å²) in [4.78, 5) is 25.3. The highest BCUT2D eigenvalue weighted by molar-refractivity contribution is 5.89. The summed E-state index contributed by atoms with van der Waals surface area (Å²) in [5.41, 5.74) is -2.09. The van der Waals surface area contributed by atoms with Crippen LogP contribution in [-0.4, -0.2) is 36.4 Å². The lowest BCUT2D eigenvalue weighted by Gasteiger charge is -2.56. The molecule has 0 fully saturated rings. The van der Waals surface area contributed by atoms with Crippen LogP contribution in [0.25, 0.3) is 0 Å². The largest absolute Gasteiger partial charge is 0.469 e. The van der Waals surface area contributed by atoms with Crippen LogP contribution in [0.4, 0.5) is 0 Å². The van der Waals surface area contributed by atoms with E-state index in [2.05, 4.69) is 0 Å². The first kappa shape index (κ1) is 16.8. The van der Waals surface area contributed by atoms with Gasteiger partial charge in [-0.05, 0) is 22.3 Å². The van der Waals surface area contributed by atoms with E-state index in [1.165, 1.54) is 14.2 Å². The minimum atomic E-state index is -1.82. The predicted octanol–water partition coefficient (Wildman–Crippen LogP) is 1.06. The normalized spacial score (nSPS) is 30.9. The fourth-order valence-electron chi connectivity index (χ4n) is 4.61. The topological polar surface area (TPSA) is 93.1 Å². The van der Waals surface area contributed by atoms with Crippen LogP contribution in [0.5, 0.6) is 0 Å². The average molecular weight is 354 g/mol. The minimum Gasteiger partial charge on any atom is -0.469 e. The highest BCUT2D eigenvalue weighted by Crippen LogP contribution is 2.62. The Kier molecular flexibility index (Phi) is 3.48. The second-order valence-corrected chi connectivity index (χ2v) is 6.63. The summed E-state index contributed by atoms with van der Waals surface area (Å²) < 4.78 is 9.78. The first-order valence-electron chi connectivity index (χ1n) is 8.22. The van der Waals surface area contributed by atoms with Gasteiger partial charge in [0.05, 0.1) is 14.2 Å². The molecule has 5 rings (SSSR count). The number of carbonyl (C=O) groups is 2. The van der Waals surface area contributed by atoms with Crippen LogP contribution in [0.3, 0.4) is 0 Å². The molecule has 6 nitrogen and oxygen atoms in total. The van der Waals surface area contributed by atoms with E-state index >= 15 is 0 Å². The van der Waals surface area contributed by atoms with E-state index in [0.29, 0.717) is 22.3 Å². The van der Waals surface area contributed by atoms with Crippen molar-refractivity contribution in [2.75, 3.05) is 14.2 Å². The first-order valence-corrected chi connectivity index (χ1v) is 8.22. The molecule has 3 aliphatic carbocycles. The minimum absolute atomic E-state index is 0.386. The van der Waals surface area contributed by atoms with Gasteiger partial charge in [-0.3, -0.25) is 9.59 Å². The summed E-state index contributed by atoms with van der Waals surface area (Å²) in [6.45, 7) is 0. The Bertz CT molecular complexity index is 797. The Morgan fingerprint density at radius 1 is 0.731 bits per heavy atom. The third-order valence-corrected chi connectivity index (χ3v) is 5.64. The lowest BCUT2D eigenvalue weighted by atomic mass is 9.49. The van der Waals surface area contributed by atoms with Crippen LogP contribution in [0.15, 0.2) is 48.5 Å². The predicted molar refractivity (Wildman–Crippen MR) is 89.9 cm³/mol. The zero-order valence-electron chi connectivity index (χ0n) is 14.3. The Labute approximate surface area is 150 Å². The van der Waals surface area contributed by atoms with Gasteiger partial charge in [-0.2, -0.15) is 0 Å². The van der Waals surface area contributed by atoms with E-state index in [1.54, 1.807) is 48.5 Å². The van der Waals surface area contributed by atoms with Crippen LogP contribution < -0.4 is 0 Å². The molecule has 2 aromatic rings. The zero-order chi connectivity index (χ0) is 18.7. The van der Waals surface area contributed by atoms with Gasteiger partial charge in [-0.15, -0.1) is 0 Å². The number of esters is 2. The molecule has 3 aliphatic rings. The van der Waals surface area contributed by atoms with Crippen LogP contribution in [0, 0.1) is 11.8 Å². The van der Waals surface area contributed by atoms with E-state index in [4.69, 9.17) is 9.47 Å². The number of carbonyl (C=O) groups excluding carboxylic acids is 2. The molecule has 0 aromatic heterocycles. The van der Waals surface area contributed by atoms with E-state index in [1.807, 2.05) is 0 Å². The van der Waals surface area contributed by atoms with Crippen LogP contribution >= 0.6 is 0 Å². The third kappa shape index (κ3) is 1.73. The summed E-state index contributed by atoms with van der Waals surface area (Å²) in [6, 6.07) is 13.5. The van der Waals surface area contributed by atoms with Crippen molar-refractivity contribution in [3.05, 3.63) is 70.8 Å². The second kappa shape index (κ2) is 5.40. The number of aliphatic hydroxyl groups is 2. The zero-order valence-corrected chi connectivity index (χ0v) is 14.3. The summed E-state index contributed by atoms with van der Waals surface area (Å²) in [5, 5.41) is 23.6. The van der Waals surface area contributed by atoms with E-state index in [9.17, 15) is 19.8 Å². The lowest BCUT2D eigenvalue weighted by Crippen LogP contribution is -2.64. The third-order valence-electron chi connectivity index (χ3n) is 5.64. The van der Waals surface area contributed by atoms with Crippen LogP contribution in [-0.2, 0) is 30.3 Å². The van der Waals surface area contributed by atoms with E-state index in [-0.39, 0.29) is 0 Å². The van der Waals surface area contributed by atoms with Gasteiger partial charge in [0.2, 0.25) is 0 Å². The fraction of sp³-hybridized carbons (Fsp3) is 0.300. The number of hydrogen-bond acceptors (Lipinski definition) is 6. The molecule has 6 heteroatoms. The van der Waals surface area contributed by atoms with E-state index in [0.717, 1.165) is 0 Å². The molecule has 0 amide bonds. The van der Waals surface area contributed by atoms with Gasteiger partial charge >= 0.3 is 11.9 Å². The monoisotopic (exact) mass is 354 g/mol. The summed E-state index contributed by atoms with van der Waals surface area (Å²) >= 11 is 0. The number of methoxy groups -OCH3 is 2. The molecule has 0 radical (unpaired) electrons. The SMILES string of the molecule is COC(=O)[C@H]1[C@H](C(=O)OC)C2(O)c3ccccc3C1(O)c1ccccc12. The highest BCUT2D eigenvalue weighted by atomic mass is 16.5. The van der Waals surface area contributed by atoms with Gasteiger partial charge in [0.25, 0.3) is 0 Å². The highest BCUT2D eigenvalue weighted by Gasteiger charge is 2.70. The molecule has 26 heavy (non-hydrogen) atoms. The van der Waals surface area contributed by atoms with Crippen molar-refractivity contribution in [2.24, 2.45) is 11.8 Å². The fourth-order valence-corrected chi connectivity index (χ4v) is 4.61.